The molecule has 108 valence electrons. The minimum Gasteiger partial charge on any atom is -0.459 e. The minimum absolute atomic E-state index is 0.0490. The van der Waals surface area contributed by atoms with E-state index in [-0.39, 0.29) is 6.04 Å². The van der Waals surface area contributed by atoms with Gasteiger partial charge in [-0.05, 0) is 43.4 Å². The van der Waals surface area contributed by atoms with Crippen LogP contribution >= 0.6 is 0 Å². The highest BCUT2D eigenvalue weighted by Gasteiger charge is 2.31. The third-order valence-electron chi connectivity index (χ3n) is 4.97. The topological polar surface area (TPSA) is 39.2 Å². The highest BCUT2D eigenvalue weighted by molar-refractivity contribution is 5.78. The molecule has 0 aliphatic heterocycles. The van der Waals surface area contributed by atoms with Crippen molar-refractivity contribution in [3.63, 3.8) is 0 Å². The van der Waals surface area contributed by atoms with E-state index in [2.05, 4.69) is 38.1 Å². The first-order valence-corrected chi connectivity index (χ1v) is 7.94. The first kappa shape index (κ1) is 13.7. The molecule has 3 unspecified atom stereocenters. The highest BCUT2D eigenvalue weighted by Crippen LogP contribution is 2.40. The standard InChI is InChI=1S/C18H25NO/c1-3-13-6-4-5-7-15(13)18(19)17-11-14-10-12(2)8-9-16(14)20-17/h8-11,13,15,18H,3-7,19H2,1-2H3. The van der Waals surface area contributed by atoms with E-state index >= 15 is 0 Å². The lowest BCUT2D eigenvalue weighted by Crippen LogP contribution is -2.30. The molecule has 3 atom stereocenters. The zero-order valence-corrected chi connectivity index (χ0v) is 12.6. The number of rotatable bonds is 3. The Bertz CT molecular complexity index is 586. The molecule has 0 amide bonds. The lowest BCUT2D eigenvalue weighted by molar-refractivity contribution is 0.185. The maximum Gasteiger partial charge on any atom is 0.134 e. The summed E-state index contributed by atoms with van der Waals surface area (Å²) >= 11 is 0. The maximum atomic E-state index is 6.54. The Morgan fingerprint density at radius 3 is 2.85 bits per heavy atom. The van der Waals surface area contributed by atoms with Crippen molar-refractivity contribution in [1.82, 2.24) is 0 Å². The van der Waals surface area contributed by atoms with Crippen molar-refractivity contribution in [3.8, 4) is 0 Å². The fourth-order valence-electron chi connectivity index (χ4n) is 3.77. The molecule has 1 fully saturated rings. The smallest absolute Gasteiger partial charge is 0.134 e. The quantitative estimate of drug-likeness (QED) is 0.857. The third-order valence-corrected chi connectivity index (χ3v) is 4.97. The van der Waals surface area contributed by atoms with Gasteiger partial charge in [-0.15, -0.1) is 0 Å². The Balaban J connectivity index is 1.89. The minimum atomic E-state index is 0.0490. The summed E-state index contributed by atoms with van der Waals surface area (Å²) in [6.07, 6.45) is 6.48. The summed E-state index contributed by atoms with van der Waals surface area (Å²) in [6, 6.07) is 8.52. The van der Waals surface area contributed by atoms with Gasteiger partial charge in [0.05, 0.1) is 6.04 Å². The molecule has 0 spiro atoms. The van der Waals surface area contributed by atoms with Crippen molar-refractivity contribution in [2.75, 3.05) is 0 Å². The zero-order chi connectivity index (χ0) is 14.1. The molecule has 1 aromatic carbocycles. The molecule has 3 rings (SSSR count). The summed E-state index contributed by atoms with van der Waals surface area (Å²) in [4.78, 5) is 0. The van der Waals surface area contributed by atoms with Gasteiger partial charge in [0.25, 0.3) is 0 Å². The molecule has 1 aromatic heterocycles. The lowest BCUT2D eigenvalue weighted by Gasteiger charge is -2.34. The predicted octanol–water partition coefficient (Wildman–Crippen LogP) is 4.96. The van der Waals surface area contributed by atoms with Crippen molar-refractivity contribution in [2.24, 2.45) is 17.6 Å². The molecule has 20 heavy (non-hydrogen) atoms. The molecule has 0 radical (unpaired) electrons. The number of aryl methyl sites for hydroxylation is 1. The van der Waals surface area contributed by atoms with Crippen LogP contribution in [-0.4, -0.2) is 0 Å². The third kappa shape index (κ3) is 2.49. The highest BCUT2D eigenvalue weighted by atomic mass is 16.3. The number of benzene rings is 1. The van der Waals surface area contributed by atoms with E-state index in [1.165, 1.54) is 43.1 Å². The fraction of sp³-hybridized carbons (Fsp3) is 0.556. The summed E-state index contributed by atoms with van der Waals surface area (Å²) in [5, 5.41) is 1.18. The van der Waals surface area contributed by atoms with Crippen molar-refractivity contribution in [2.45, 2.75) is 52.0 Å². The first-order valence-electron chi connectivity index (χ1n) is 7.94. The van der Waals surface area contributed by atoms with Gasteiger partial charge in [0.15, 0.2) is 0 Å². The molecular formula is C18H25NO. The number of nitrogens with two attached hydrogens (primary N) is 1. The molecule has 2 aromatic rings. The fourth-order valence-corrected chi connectivity index (χ4v) is 3.77. The van der Waals surface area contributed by atoms with Gasteiger partial charge in [0.2, 0.25) is 0 Å². The van der Waals surface area contributed by atoms with Crippen molar-refractivity contribution in [1.29, 1.82) is 0 Å². The molecule has 1 aliphatic rings. The summed E-state index contributed by atoms with van der Waals surface area (Å²) in [7, 11) is 0. The second kappa shape index (κ2) is 5.61. The average Bonchev–Trinajstić information content (AvgIpc) is 2.89. The first-order chi connectivity index (χ1) is 9.69. The Morgan fingerprint density at radius 2 is 2.05 bits per heavy atom. The Labute approximate surface area is 121 Å². The van der Waals surface area contributed by atoms with Crippen LogP contribution in [0.15, 0.2) is 28.7 Å². The predicted molar refractivity (Wildman–Crippen MR) is 83.6 cm³/mol. The summed E-state index contributed by atoms with van der Waals surface area (Å²) < 4.78 is 6.01. The van der Waals surface area contributed by atoms with Crippen molar-refractivity contribution < 1.29 is 4.42 Å². The van der Waals surface area contributed by atoms with Crippen LogP contribution in [0.25, 0.3) is 11.0 Å². The summed E-state index contributed by atoms with van der Waals surface area (Å²) in [6.45, 7) is 4.40. The van der Waals surface area contributed by atoms with E-state index in [1.54, 1.807) is 0 Å². The van der Waals surface area contributed by atoms with Gasteiger partial charge in [-0.1, -0.05) is 44.2 Å². The molecule has 1 heterocycles. The second-order valence-electron chi connectivity index (χ2n) is 6.33. The van der Waals surface area contributed by atoms with Crippen molar-refractivity contribution in [3.05, 3.63) is 35.6 Å². The molecule has 0 bridgehead atoms. The van der Waals surface area contributed by atoms with Crippen LogP contribution in [0, 0.1) is 18.8 Å². The average molecular weight is 271 g/mol. The number of hydrogen-bond acceptors (Lipinski definition) is 2. The number of furan rings is 1. The molecule has 0 saturated heterocycles. The van der Waals surface area contributed by atoms with Crippen LogP contribution in [0.3, 0.4) is 0 Å². The lowest BCUT2D eigenvalue weighted by atomic mass is 9.73. The molecular weight excluding hydrogens is 246 g/mol. The van der Waals surface area contributed by atoms with E-state index in [0.29, 0.717) is 5.92 Å². The molecule has 2 nitrogen and oxygen atoms in total. The number of hydrogen-bond donors (Lipinski definition) is 1. The molecule has 1 saturated carbocycles. The van der Waals surface area contributed by atoms with Crippen molar-refractivity contribution >= 4 is 11.0 Å². The largest absolute Gasteiger partial charge is 0.459 e. The Hall–Kier alpha value is -1.28. The van der Waals surface area contributed by atoms with E-state index in [9.17, 15) is 0 Å². The molecule has 2 heteroatoms. The normalized spacial score (nSPS) is 24.9. The monoisotopic (exact) mass is 271 g/mol. The second-order valence-corrected chi connectivity index (χ2v) is 6.33. The maximum absolute atomic E-state index is 6.54. The zero-order valence-electron chi connectivity index (χ0n) is 12.6. The van der Waals surface area contributed by atoms with Gasteiger partial charge < -0.3 is 10.2 Å². The van der Waals surface area contributed by atoms with E-state index in [0.717, 1.165) is 17.3 Å². The van der Waals surface area contributed by atoms with Crippen LogP contribution in [-0.2, 0) is 0 Å². The van der Waals surface area contributed by atoms with Crippen LogP contribution in [0.5, 0.6) is 0 Å². The van der Waals surface area contributed by atoms with Gasteiger partial charge in [-0.25, -0.2) is 0 Å². The van der Waals surface area contributed by atoms with Crippen LogP contribution in [0.2, 0.25) is 0 Å². The van der Waals surface area contributed by atoms with Gasteiger partial charge in [-0.2, -0.15) is 0 Å². The van der Waals surface area contributed by atoms with Gasteiger partial charge >= 0.3 is 0 Å². The van der Waals surface area contributed by atoms with Gasteiger partial charge in [0, 0.05) is 5.39 Å². The van der Waals surface area contributed by atoms with Crippen LogP contribution < -0.4 is 5.73 Å². The van der Waals surface area contributed by atoms with Crippen LogP contribution in [0.4, 0.5) is 0 Å². The summed E-state index contributed by atoms with van der Waals surface area (Å²) in [5.41, 5.74) is 8.77. The van der Waals surface area contributed by atoms with Gasteiger partial charge in [-0.3, -0.25) is 0 Å². The Kier molecular flexibility index (Phi) is 3.84. The van der Waals surface area contributed by atoms with E-state index in [1.807, 2.05) is 0 Å². The molecule has 2 N–H and O–H groups in total. The number of fused-ring (bicyclic) bond motifs is 1. The van der Waals surface area contributed by atoms with Gasteiger partial charge in [0.1, 0.15) is 11.3 Å². The van der Waals surface area contributed by atoms with E-state index < -0.39 is 0 Å². The van der Waals surface area contributed by atoms with E-state index in [4.69, 9.17) is 10.2 Å². The Morgan fingerprint density at radius 1 is 1.25 bits per heavy atom. The molecule has 1 aliphatic carbocycles. The summed E-state index contributed by atoms with van der Waals surface area (Å²) in [5.74, 6) is 2.31. The van der Waals surface area contributed by atoms with Crippen LogP contribution in [0.1, 0.15) is 56.4 Å². The SMILES string of the molecule is CCC1CCCCC1C(N)c1cc2cc(C)ccc2o1.